The molecule has 0 aromatic heterocycles. The molecule has 0 spiro atoms. The number of hydrogen-bond donors (Lipinski definition) is 1. The summed E-state index contributed by atoms with van der Waals surface area (Å²) in [6.45, 7) is 6.94. The zero-order chi connectivity index (χ0) is 11.9. The number of hydrogen-bond acceptors (Lipinski definition) is 3. The third-order valence-corrected chi connectivity index (χ3v) is 6.19. The molecule has 0 radical (unpaired) electrons. The summed E-state index contributed by atoms with van der Waals surface area (Å²) in [5.41, 5.74) is -0.0989. The van der Waals surface area contributed by atoms with Crippen LogP contribution in [-0.4, -0.2) is 30.1 Å². The minimum Gasteiger partial charge on any atom is -0.393 e. The molecule has 0 aromatic rings. The molecule has 90 valence electrons. The lowest BCUT2D eigenvalue weighted by atomic mass is 9.98. The zero-order valence-electron chi connectivity index (χ0n) is 10.1. The van der Waals surface area contributed by atoms with E-state index in [1.54, 1.807) is 27.7 Å². The fourth-order valence-corrected chi connectivity index (χ4v) is 2.97. The van der Waals surface area contributed by atoms with E-state index in [9.17, 15) is 13.5 Å². The van der Waals surface area contributed by atoms with Crippen molar-refractivity contribution in [3.8, 4) is 0 Å². The molecule has 0 heterocycles. The molecule has 1 fully saturated rings. The third-order valence-electron chi connectivity index (χ3n) is 3.58. The van der Waals surface area contributed by atoms with Gasteiger partial charge in [-0.05, 0) is 52.4 Å². The molecule has 0 aliphatic heterocycles. The first-order valence-electron chi connectivity index (χ1n) is 5.51. The van der Waals surface area contributed by atoms with E-state index < -0.39 is 14.6 Å². The van der Waals surface area contributed by atoms with Crippen molar-refractivity contribution in [2.75, 3.05) is 5.75 Å². The maximum Gasteiger partial charge on any atom is 0.155 e. The van der Waals surface area contributed by atoms with Crippen molar-refractivity contribution in [3.63, 3.8) is 0 Å². The van der Waals surface area contributed by atoms with E-state index >= 15 is 0 Å². The van der Waals surface area contributed by atoms with Crippen LogP contribution >= 0.6 is 0 Å². The Morgan fingerprint density at radius 3 is 2.07 bits per heavy atom. The summed E-state index contributed by atoms with van der Waals surface area (Å²) in [6.07, 6.45) is 2.14. The topological polar surface area (TPSA) is 54.4 Å². The molecule has 0 amide bonds. The van der Waals surface area contributed by atoms with Crippen LogP contribution in [-0.2, 0) is 9.84 Å². The van der Waals surface area contributed by atoms with Crippen LogP contribution in [0.25, 0.3) is 0 Å². The average Bonchev–Trinajstić information content (AvgIpc) is 2.79. The molecule has 1 saturated carbocycles. The van der Waals surface area contributed by atoms with Crippen molar-refractivity contribution in [1.29, 1.82) is 0 Å². The molecular formula is C11H22O3S. The SMILES string of the molecule is CC(O)C1(CCS(=O)(=O)C(C)(C)C)CC1. The Balaban J connectivity index is 2.59. The summed E-state index contributed by atoms with van der Waals surface area (Å²) < 4.78 is 23.1. The Morgan fingerprint density at radius 1 is 1.33 bits per heavy atom. The first kappa shape index (κ1) is 13.0. The maximum absolute atomic E-state index is 11.9. The summed E-state index contributed by atoms with van der Waals surface area (Å²) in [6, 6.07) is 0. The van der Waals surface area contributed by atoms with Crippen molar-refractivity contribution >= 4 is 9.84 Å². The molecule has 1 N–H and O–H groups in total. The fraction of sp³-hybridized carbons (Fsp3) is 1.00. The minimum atomic E-state index is -3.04. The number of sulfone groups is 1. The van der Waals surface area contributed by atoms with E-state index in [4.69, 9.17) is 0 Å². The Kier molecular flexibility index (Phi) is 3.23. The Labute approximate surface area is 92.8 Å². The number of aliphatic hydroxyl groups is 1. The molecule has 1 aliphatic rings. The van der Waals surface area contributed by atoms with Gasteiger partial charge in [-0.15, -0.1) is 0 Å². The molecule has 1 unspecified atom stereocenters. The van der Waals surface area contributed by atoms with Gasteiger partial charge < -0.3 is 5.11 Å². The molecule has 15 heavy (non-hydrogen) atoms. The molecule has 1 aliphatic carbocycles. The second kappa shape index (κ2) is 3.74. The second-order valence-corrected chi connectivity index (χ2v) is 8.58. The van der Waals surface area contributed by atoms with E-state index in [-0.39, 0.29) is 17.3 Å². The molecular weight excluding hydrogens is 212 g/mol. The molecule has 4 heteroatoms. The fourth-order valence-electron chi connectivity index (χ4n) is 1.68. The standard InChI is InChI=1S/C11H22O3S/c1-9(12)11(5-6-11)7-8-15(13,14)10(2,3)4/h9,12H,5-8H2,1-4H3. The zero-order valence-corrected chi connectivity index (χ0v) is 10.9. The molecule has 1 atom stereocenters. The highest BCUT2D eigenvalue weighted by molar-refractivity contribution is 7.92. The summed E-state index contributed by atoms with van der Waals surface area (Å²) >= 11 is 0. The van der Waals surface area contributed by atoms with E-state index in [1.165, 1.54) is 0 Å². The summed E-state index contributed by atoms with van der Waals surface area (Å²) in [5.74, 6) is 0.196. The Hall–Kier alpha value is -0.0900. The smallest absolute Gasteiger partial charge is 0.155 e. The molecule has 1 rings (SSSR count). The van der Waals surface area contributed by atoms with Crippen LogP contribution in [0.3, 0.4) is 0 Å². The van der Waals surface area contributed by atoms with Gasteiger partial charge in [-0.25, -0.2) is 8.42 Å². The van der Waals surface area contributed by atoms with E-state index in [2.05, 4.69) is 0 Å². The van der Waals surface area contributed by atoms with E-state index in [0.717, 1.165) is 12.8 Å². The maximum atomic E-state index is 11.9. The highest BCUT2D eigenvalue weighted by Crippen LogP contribution is 2.52. The minimum absolute atomic E-state index is 0.0989. The van der Waals surface area contributed by atoms with Crippen LogP contribution < -0.4 is 0 Å². The van der Waals surface area contributed by atoms with Gasteiger partial charge in [0.2, 0.25) is 0 Å². The predicted molar refractivity (Wildman–Crippen MR) is 61.5 cm³/mol. The van der Waals surface area contributed by atoms with Crippen molar-refractivity contribution in [2.45, 2.75) is 57.8 Å². The Bertz CT molecular complexity index is 318. The monoisotopic (exact) mass is 234 g/mol. The van der Waals surface area contributed by atoms with Gasteiger partial charge >= 0.3 is 0 Å². The van der Waals surface area contributed by atoms with Crippen LogP contribution in [0.1, 0.15) is 47.0 Å². The van der Waals surface area contributed by atoms with Gasteiger partial charge in [0.25, 0.3) is 0 Å². The lowest BCUT2D eigenvalue weighted by Crippen LogP contribution is -2.32. The molecule has 0 bridgehead atoms. The first-order chi connectivity index (χ1) is 6.61. The van der Waals surface area contributed by atoms with Gasteiger partial charge in [-0.2, -0.15) is 0 Å². The van der Waals surface area contributed by atoms with Gasteiger partial charge in [0, 0.05) is 0 Å². The number of aliphatic hydroxyl groups excluding tert-OH is 1. The first-order valence-corrected chi connectivity index (χ1v) is 7.16. The van der Waals surface area contributed by atoms with E-state index in [1.807, 2.05) is 0 Å². The van der Waals surface area contributed by atoms with Gasteiger partial charge in [-0.1, -0.05) is 0 Å². The van der Waals surface area contributed by atoms with Crippen LogP contribution in [0.4, 0.5) is 0 Å². The second-order valence-electron chi connectivity index (χ2n) is 5.72. The predicted octanol–water partition coefficient (Wildman–Crippen LogP) is 1.75. The number of rotatable bonds is 4. The highest BCUT2D eigenvalue weighted by atomic mass is 32.2. The van der Waals surface area contributed by atoms with Crippen molar-refractivity contribution < 1.29 is 13.5 Å². The summed E-state index contributed by atoms with van der Waals surface area (Å²) in [4.78, 5) is 0. The van der Waals surface area contributed by atoms with E-state index in [0.29, 0.717) is 6.42 Å². The largest absolute Gasteiger partial charge is 0.393 e. The average molecular weight is 234 g/mol. The van der Waals surface area contributed by atoms with Crippen molar-refractivity contribution in [1.82, 2.24) is 0 Å². The Morgan fingerprint density at radius 2 is 1.80 bits per heavy atom. The summed E-state index contributed by atoms with van der Waals surface area (Å²) in [7, 11) is -3.04. The van der Waals surface area contributed by atoms with Gasteiger partial charge in [0.1, 0.15) is 0 Å². The molecule has 3 nitrogen and oxygen atoms in total. The van der Waals surface area contributed by atoms with Crippen LogP contribution in [0, 0.1) is 5.41 Å². The molecule has 0 saturated heterocycles. The van der Waals surface area contributed by atoms with Crippen molar-refractivity contribution in [2.24, 2.45) is 5.41 Å². The quantitative estimate of drug-likeness (QED) is 0.806. The normalized spacial score (nSPS) is 22.5. The lowest BCUT2D eigenvalue weighted by molar-refractivity contribution is 0.108. The molecule has 0 aromatic carbocycles. The van der Waals surface area contributed by atoms with Crippen LogP contribution in [0.2, 0.25) is 0 Å². The van der Waals surface area contributed by atoms with Gasteiger partial charge in [0.15, 0.2) is 9.84 Å². The van der Waals surface area contributed by atoms with Crippen LogP contribution in [0.15, 0.2) is 0 Å². The van der Waals surface area contributed by atoms with Gasteiger partial charge in [-0.3, -0.25) is 0 Å². The van der Waals surface area contributed by atoms with Crippen LogP contribution in [0.5, 0.6) is 0 Å². The summed E-state index contributed by atoms with van der Waals surface area (Å²) in [5, 5.41) is 9.55. The highest BCUT2D eigenvalue weighted by Gasteiger charge is 2.47. The van der Waals surface area contributed by atoms with Crippen molar-refractivity contribution in [3.05, 3.63) is 0 Å². The van der Waals surface area contributed by atoms with Gasteiger partial charge in [0.05, 0.1) is 16.6 Å². The lowest BCUT2D eigenvalue weighted by Gasteiger charge is -2.23. The third kappa shape index (κ3) is 2.72.